The summed E-state index contributed by atoms with van der Waals surface area (Å²) in [6.07, 6.45) is 3.14. The van der Waals surface area contributed by atoms with Crippen LogP contribution in [0.15, 0.2) is 18.5 Å². The summed E-state index contributed by atoms with van der Waals surface area (Å²) in [6.45, 7) is 0. The van der Waals surface area contributed by atoms with Crippen LogP contribution in [0.3, 0.4) is 0 Å². The van der Waals surface area contributed by atoms with Gasteiger partial charge in [-0.2, -0.15) is 5.26 Å². The van der Waals surface area contributed by atoms with Crippen molar-refractivity contribution in [1.82, 2.24) is 4.98 Å². The maximum absolute atomic E-state index is 10.8. The zero-order chi connectivity index (χ0) is 9.68. The third-order valence-corrected chi connectivity index (χ3v) is 1.50. The second kappa shape index (κ2) is 4.21. The van der Waals surface area contributed by atoms with Crippen molar-refractivity contribution in [1.29, 1.82) is 5.26 Å². The highest BCUT2D eigenvalue weighted by Gasteiger charge is 2.03. The number of hydrogen-bond acceptors (Lipinski definition) is 4. The molecule has 13 heavy (non-hydrogen) atoms. The second-order valence-corrected chi connectivity index (χ2v) is 2.45. The summed E-state index contributed by atoms with van der Waals surface area (Å²) in [7, 11) is 1.32. The molecule has 0 radical (unpaired) electrons. The molecule has 0 aliphatic carbocycles. The lowest BCUT2D eigenvalue weighted by atomic mass is 10.2. The van der Waals surface area contributed by atoms with Crippen molar-refractivity contribution in [3.8, 4) is 6.07 Å². The summed E-state index contributed by atoms with van der Waals surface area (Å²) in [6, 6.07) is 3.56. The molecule has 4 heteroatoms. The van der Waals surface area contributed by atoms with E-state index in [1.807, 2.05) is 6.07 Å². The van der Waals surface area contributed by atoms with Gasteiger partial charge in [0.25, 0.3) is 0 Å². The van der Waals surface area contributed by atoms with Crippen molar-refractivity contribution in [3.05, 3.63) is 29.6 Å². The van der Waals surface area contributed by atoms with E-state index < -0.39 is 0 Å². The van der Waals surface area contributed by atoms with Gasteiger partial charge < -0.3 is 4.74 Å². The molecule has 0 saturated heterocycles. The Labute approximate surface area is 75.8 Å². The Bertz CT molecular complexity index is 355. The molecule has 0 unspecified atom stereocenters. The van der Waals surface area contributed by atoms with E-state index in [0.717, 1.165) is 0 Å². The molecule has 0 aliphatic rings. The molecule has 0 bridgehead atoms. The molecule has 1 aromatic heterocycles. The Morgan fingerprint density at radius 2 is 2.46 bits per heavy atom. The Hall–Kier alpha value is -1.89. The van der Waals surface area contributed by atoms with Gasteiger partial charge in [-0.3, -0.25) is 9.78 Å². The molecule has 0 amide bonds. The molecular formula is C9H8N2O2. The number of rotatable bonds is 2. The highest BCUT2D eigenvalue weighted by molar-refractivity contribution is 5.72. The number of carbonyl (C=O) groups excluding carboxylic acids is 1. The minimum Gasteiger partial charge on any atom is -0.469 e. The fraction of sp³-hybridized carbons (Fsp3) is 0.222. The summed E-state index contributed by atoms with van der Waals surface area (Å²) in [5, 5.41) is 8.55. The average molecular weight is 176 g/mol. The first-order valence-electron chi connectivity index (χ1n) is 3.67. The van der Waals surface area contributed by atoms with E-state index in [-0.39, 0.29) is 12.4 Å². The van der Waals surface area contributed by atoms with Crippen LogP contribution < -0.4 is 0 Å². The molecule has 0 fully saturated rings. The van der Waals surface area contributed by atoms with Gasteiger partial charge in [-0.15, -0.1) is 0 Å². The van der Waals surface area contributed by atoms with Crippen molar-refractivity contribution in [3.63, 3.8) is 0 Å². The van der Waals surface area contributed by atoms with E-state index in [2.05, 4.69) is 9.72 Å². The normalized spacial score (nSPS) is 8.92. The van der Waals surface area contributed by atoms with Crippen molar-refractivity contribution < 1.29 is 9.53 Å². The summed E-state index contributed by atoms with van der Waals surface area (Å²) >= 11 is 0. The molecular weight excluding hydrogens is 168 g/mol. The molecule has 1 rings (SSSR count). The number of methoxy groups -OCH3 is 1. The molecule has 0 aromatic carbocycles. The van der Waals surface area contributed by atoms with Gasteiger partial charge in [-0.1, -0.05) is 0 Å². The minimum absolute atomic E-state index is 0.152. The van der Waals surface area contributed by atoms with Crippen LogP contribution in [-0.2, 0) is 16.0 Å². The van der Waals surface area contributed by atoms with Gasteiger partial charge in [-0.25, -0.2) is 0 Å². The fourth-order valence-electron chi connectivity index (χ4n) is 0.884. The Balaban J connectivity index is 2.79. The van der Waals surface area contributed by atoms with Crippen molar-refractivity contribution in [2.75, 3.05) is 7.11 Å². The van der Waals surface area contributed by atoms with E-state index in [1.54, 1.807) is 6.07 Å². The molecule has 0 atom stereocenters. The van der Waals surface area contributed by atoms with Gasteiger partial charge in [0.05, 0.1) is 19.1 Å². The third-order valence-electron chi connectivity index (χ3n) is 1.50. The lowest BCUT2D eigenvalue weighted by Crippen LogP contribution is -2.04. The van der Waals surface area contributed by atoms with Gasteiger partial charge >= 0.3 is 5.97 Å². The van der Waals surface area contributed by atoms with E-state index in [9.17, 15) is 4.79 Å². The summed E-state index contributed by atoms with van der Waals surface area (Å²) < 4.78 is 4.48. The van der Waals surface area contributed by atoms with Gasteiger partial charge in [-0.05, 0) is 11.6 Å². The van der Waals surface area contributed by atoms with Crippen LogP contribution in [0.4, 0.5) is 0 Å². The lowest BCUT2D eigenvalue weighted by molar-refractivity contribution is -0.139. The highest BCUT2D eigenvalue weighted by atomic mass is 16.5. The largest absolute Gasteiger partial charge is 0.469 e. The van der Waals surface area contributed by atoms with Crippen LogP contribution in [0, 0.1) is 11.3 Å². The number of hydrogen-bond donors (Lipinski definition) is 0. The highest BCUT2D eigenvalue weighted by Crippen LogP contribution is 2.02. The molecule has 1 aromatic rings. The SMILES string of the molecule is COC(=O)Cc1cncc(C#N)c1. The maximum Gasteiger partial charge on any atom is 0.310 e. The first-order chi connectivity index (χ1) is 6.26. The number of esters is 1. The van der Waals surface area contributed by atoms with Crippen LogP contribution in [0.25, 0.3) is 0 Å². The summed E-state index contributed by atoms with van der Waals surface area (Å²) in [5.74, 6) is -0.336. The van der Waals surface area contributed by atoms with Crippen LogP contribution in [0.2, 0.25) is 0 Å². The van der Waals surface area contributed by atoms with Crippen LogP contribution in [0.1, 0.15) is 11.1 Å². The summed E-state index contributed by atoms with van der Waals surface area (Å²) in [5.41, 5.74) is 1.13. The van der Waals surface area contributed by atoms with Gasteiger partial charge in [0.1, 0.15) is 6.07 Å². The number of aromatic nitrogens is 1. The van der Waals surface area contributed by atoms with Crippen LogP contribution in [-0.4, -0.2) is 18.1 Å². The van der Waals surface area contributed by atoms with Crippen LogP contribution >= 0.6 is 0 Å². The van der Waals surface area contributed by atoms with Gasteiger partial charge in [0, 0.05) is 12.4 Å². The quantitative estimate of drug-likeness (QED) is 0.621. The second-order valence-electron chi connectivity index (χ2n) is 2.45. The smallest absolute Gasteiger partial charge is 0.310 e. The van der Waals surface area contributed by atoms with Crippen molar-refractivity contribution in [2.45, 2.75) is 6.42 Å². The monoisotopic (exact) mass is 176 g/mol. The van der Waals surface area contributed by atoms with Gasteiger partial charge in [0.2, 0.25) is 0 Å². The molecule has 4 nitrogen and oxygen atoms in total. The zero-order valence-electron chi connectivity index (χ0n) is 7.15. The molecule has 66 valence electrons. The number of pyridine rings is 1. The Morgan fingerprint density at radius 1 is 1.69 bits per heavy atom. The van der Waals surface area contributed by atoms with Gasteiger partial charge in [0.15, 0.2) is 0 Å². The fourth-order valence-corrected chi connectivity index (χ4v) is 0.884. The summed E-state index contributed by atoms with van der Waals surface area (Å²) in [4.78, 5) is 14.7. The standard InChI is InChI=1S/C9H8N2O2/c1-13-9(12)3-7-2-8(4-10)6-11-5-7/h2,5-6H,3H2,1H3. The van der Waals surface area contributed by atoms with E-state index >= 15 is 0 Å². The topological polar surface area (TPSA) is 63.0 Å². The first-order valence-corrected chi connectivity index (χ1v) is 3.67. The molecule has 0 spiro atoms. The van der Waals surface area contributed by atoms with Crippen molar-refractivity contribution >= 4 is 5.97 Å². The predicted octanol–water partition coefficient (Wildman–Crippen LogP) is 0.669. The molecule has 0 saturated carbocycles. The van der Waals surface area contributed by atoms with E-state index in [1.165, 1.54) is 19.5 Å². The lowest BCUT2D eigenvalue weighted by Gasteiger charge is -1.98. The number of ether oxygens (including phenoxy) is 1. The number of nitrogens with zero attached hydrogens (tertiary/aromatic N) is 2. The zero-order valence-corrected chi connectivity index (χ0v) is 7.15. The molecule has 0 aliphatic heterocycles. The minimum atomic E-state index is -0.336. The van der Waals surface area contributed by atoms with Crippen molar-refractivity contribution in [2.24, 2.45) is 0 Å². The average Bonchev–Trinajstić information content (AvgIpc) is 2.18. The Morgan fingerprint density at radius 3 is 3.08 bits per heavy atom. The van der Waals surface area contributed by atoms with E-state index in [0.29, 0.717) is 11.1 Å². The predicted molar refractivity (Wildman–Crippen MR) is 44.7 cm³/mol. The molecule has 1 heterocycles. The number of nitriles is 1. The third kappa shape index (κ3) is 2.56. The van der Waals surface area contributed by atoms with E-state index in [4.69, 9.17) is 5.26 Å². The molecule has 0 N–H and O–H groups in total. The Kier molecular flexibility index (Phi) is 2.98. The van der Waals surface area contributed by atoms with Crippen LogP contribution in [0.5, 0.6) is 0 Å². The first kappa shape index (κ1) is 9.20. The maximum atomic E-state index is 10.8. The number of carbonyl (C=O) groups is 1.